The van der Waals surface area contributed by atoms with E-state index in [4.69, 9.17) is 4.74 Å². The topological polar surface area (TPSA) is 105 Å². The number of nitrogens with one attached hydrogen (secondary N) is 3. The number of rotatable bonds is 7. The minimum Gasteiger partial charge on any atom is -0.493 e. The third-order valence-corrected chi connectivity index (χ3v) is 4.82. The first-order valence-corrected chi connectivity index (χ1v) is 10.8. The highest BCUT2D eigenvalue weighted by Crippen LogP contribution is 2.31. The number of nitrogens with zero attached hydrogens (tertiary/aromatic N) is 4. The summed E-state index contributed by atoms with van der Waals surface area (Å²) < 4.78 is 7.78. The minimum atomic E-state index is -0.293. The molecule has 0 spiro atoms. The maximum absolute atomic E-state index is 12.3. The Morgan fingerprint density at radius 3 is 2.90 bits per heavy atom. The summed E-state index contributed by atoms with van der Waals surface area (Å²) in [4.78, 5) is 16.8. The fourth-order valence-corrected chi connectivity index (χ4v) is 3.45. The Bertz CT molecular complexity index is 901. The zero-order valence-electron chi connectivity index (χ0n) is 18.8. The maximum atomic E-state index is 12.3. The minimum absolute atomic E-state index is 0.0459. The third kappa shape index (κ3) is 6.70. The van der Waals surface area contributed by atoms with Crippen LogP contribution in [0.2, 0.25) is 0 Å². The summed E-state index contributed by atoms with van der Waals surface area (Å²) >= 11 is 0. The molecule has 168 valence electrons. The molecule has 1 amide bonds. The van der Waals surface area contributed by atoms with Crippen molar-refractivity contribution in [2.75, 3.05) is 19.7 Å². The van der Waals surface area contributed by atoms with E-state index in [2.05, 4.69) is 44.1 Å². The highest BCUT2D eigenvalue weighted by atomic mass is 16.5. The van der Waals surface area contributed by atoms with E-state index in [1.54, 1.807) is 6.33 Å². The number of aryl methyl sites for hydroxylation is 1. The number of para-hydroxylation sites is 1. The van der Waals surface area contributed by atoms with Crippen LogP contribution in [-0.4, -0.2) is 51.9 Å². The van der Waals surface area contributed by atoms with E-state index >= 15 is 0 Å². The number of amides is 1. The van der Waals surface area contributed by atoms with Gasteiger partial charge in [0.05, 0.1) is 12.6 Å². The van der Waals surface area contributed by atoms with E-state index in [1.165, 1.54) is 0 Å². The molecule has 9 nitrogen and oxygen atoms in total. The van der Waals surface area contributed by atoms with Gasteiger partial charge in [-0.15, -0.1) is 10.2 Å². The lowest BCUT2D eigenvalue weighted by Crippen LogP contribution is -2.44. The van der Waals surface area contributed by atoms with E-state index in [0.29, 0.717) is 25.7 Å². The summed E-state index contributed by atoms with van der Waals surface area (Å²) in [6.45, 7) is 9.93. The van der Waals surface area contributed by atoms with Crippen molar-refractivity contribution in [3.8, 4) is 5.75 Å². The number of guanidine groups is 1. The first-order valence-electron chi connectivity index (χ1n) is 10.8. The van der Waals surface area contributed by atoms with Gasteiger partial charge in [-0.3, -0.25) is 4.79 Å². The van der Waals surface area contributed by atoms with E-state index < -0.39 is 0 Å². The monoisotopic (exact) mass is 427 g/mol. The molecule has 0 saturated heterocycles. The molecule has 0 fully saturated rings. The second-order valence-electron chi connectivity index (χ2n) is 8.56. The normalized spacial score (nSPS) is 16.3. The molecule has 0 bridgehead atoms. The van der Waals surface area contributed by atoms with Crippen LogP contribution in [-0.2, 0) is 17.8 Å². The number of hydrogen-bond acceptors (Lipinski definition) is 5. The van der Waals surface area contributed by atoms with Crippen LogP contribution in [0.25, 0.3) is 0 Å². The van der Waals surface area contributed by atoms with Crippen LogP contribution in [0.3, 0.4) is 0 Å². The molecule has 1 atom stereocenters. The van der Waals surface area contributed by atoms with Crippen molar-refractivity contribution in [2.45, 2.75) is 58.7 Å². The van der Waals surface area contributed by atoms with Crippen molar-refractivity contribution in [2.24, 2.45) is 4.99 Å². The van der Waals surface area contributed by atoms with Gasteiger partial charge in [0.1, 0.15) is 24.4 Å². The molecule has 9 heteroatoms. The lowest BCUT2D eigenvalue weighted by molar-refractivity contribution is -0.121. The Labute approximate surface area is 183 Å². The van der Waals surface area contributed by atoms with Crippen molar-refractivity contribution < 1.29 is 9.53 Å². The van der Waals surface area contributed by atoms with Gasteiger partial charge in [0.15, 0.2) is 5.96 Å². The van der Waals surface area contributed by atoms with Gasteiger partial charge in [-0.2, -0.15) is 0 Å². The molecule has 1 aliphatic heterocycles. The molecule has 2 aromatic rings. The summed E-state index contributed by atoms with van der Waals surface area (Å²) in [6, 6.07) is 8.06. The number of aromatic nitrogens is 3. The fourth-order valence-electron chi connectivity index (χ4n) is 3.45. The van der Waals surface area contributed by atoms with Crippen LogP contribution >= 0.6 is 0 Å². The summed E-state index contributed by atoms with van der Waals surface area (Å²) in [7, 11) is 0. The van der Waals surface area contributed by atoms with Gasteiger partial charge >= 0.3 is 0 Å². The predicted molar refractivity (Wildman–Crippen MR) is 120 cm³/mol. The molecule has 3 rings (SSSR count). The molecule has 1 aromatic carbocycles. The SMILES string of the molecule is CCc1nncn1CCNC(=NCC(=O)NC(C)(C)C)NC1CCOc2ccccc21. The predicted octanol–water partition coefficient (Wildman–Crippen LogP) is 1.81. The van der Waals surface area contributed by atoms with E-state index in [1.807, 2.05) is 43.5 Å². The van der Waals surface area contributed by atoms with Gasteiger partial charge in [-0.05, 0) is 26.8 Å². The van der Waals surface area contributed by atoms with Crippen LogP contribution in [0.1, 0.15) is 51.5 Å². The van der Waals surface area contributed by atoms with Crippen LogP contribution < -0.4 is 20.7 Å². The molecule has 31 heavy (non-hydrogen) atoms. The number of ether oxygens (including phenoxy) is 1. The summed E-state index contributed by atoms with van der Waals surface area (Å²) in [6.07, 6.45) is 3.37. The second-order valence-corrected chi connectivity index (χ2v) is 8.56. The third-order valence-electron chi connectivity index (χ3n) is 4.82. The average molecular weight is 428 g/mol. The Morgan fingerprint density at radius 2 is 2.13 bits per heavy atom. The molecule has 1 aromatic heterocycles. The Kier molecular flexibility index (Phi) is 7.49. The number of fused-ring (bicyclic) bond motifs is 1. The number of benzene rings is 1. The Hall–Kier alpha value is -3.10. The molecule has 1 aliphatic rings. The van der Waals surface area contributed by atoms with Gasteiger partial charge < -0.3 is 25.3 Å². The highest BCUT2D eigenvalue weighted by Gasteiger charge is 2.22. The lowest BCUT2D eigenvalue weighted by Gasteiger charge is -2.28. The zero-order chi connectivity index (χ0) is 22.3. The van der Waals surface area contributed by atoms with E-state index in [-0.39, 0.29) is 24.0 Å². The van der Waals surface area contributed by atoms with Crippen molar-refractivity contribution in [3.05, 3.63) is 42.0 Å². The molecule has 2 heterocycles. The fraction of sp³-hybridized carbons (Fsp3) is 0.545. The summed E-state index contributed by atoms with van der Waals surface area (Å²) in [5, 5.41) is 17.9. The van der Waals surface area contributed by atoms with Crippen LogP contribution in [0.15, 0.2) is 35.6 Å². The standard InChI is InChI=1S/C22H33N7O2/c1-5-19-28-25-15-29(19)12-11-23-21(24-14-20(30)27-22(2,3)4)26-17-10-13-31-18-9-7-6-8-16(17)18/h6-9,15,17H,5,10-14H2,1-4H3,(H,27,30)(H2,23,24,26). The summed E-state index contributed by atoms with van der Waals surface area (Å²) in [5.74, 6) is 2.30. The number of hydrogen-bond donors (Lipinski definition) is 3. The second kappa shape index (κ2) is 10.3. The Morgan fingerprint density at radius 1 is 1.32 bits per heavy atom. The molecular weight excluding hydrogens is 394 g/mol. The largest absolute Gasteiger partial charge is 0.493 e. The van der Waals surface area contributed by atoms with Crippen LogP contribution in [0, 0.1) is 0 Å². The van der Waals surface area contributed by atoms with Crippen molar-refractivity contribution in [1.29, 1.82) is 0 Å². The quantitative estimate of drug-likeness (QED) is 0.460. The van der Waals surface area contributed by atoms with Crippen molar-refractivity contribution in [1.82, 2.24) is 30.7 Å². The molecule has 0 radical (unpaired) electrons. The smallest absolute Gasteiger partial charge is 0.242 e. The van der Waals surface area contributed by atoms with Gasteiger partial charge in [0.25, 0.3) is 0 Å². The first-order chi connectivity index (χ1) is 14.9. The van der Waals surface area contributed by atoms with Gasteiger partial charge in [0.2, 0.25) is 5.91 Å². The lowest BCUT2D eigenvalue weighted by atomic mass is 10.0. The van der Waals surface area contributed by atoms with E-state index in [9.17, 15) is 4.79 Å². The number of aliphatic imine (C=N–C) groups is 1. The van der Waals surface area contributed by atoms with Gasteiger partial charge in [0, 0.05) is 37.0 Å². The van der Waals surface area contributed by atoms with E-state index in [0.717, 1.165) is 30.0 Å². The zero-order valence-corrected chi connectivity index (χ0v) is 18.8. The van der Waals surface area contributed by atoms with Crippen LogP contribution in [0.5, 0.6) is 5.75 Å². The molecule has 3 N–H and O–H groups in total. The first kappa shape index (κ1) is 22.6. The Balaban J connectivity index is 1.68. The molecule has 1 unspecified atom stereocenters. The van der Waals surface area contributed by atoms with Gasteiger partial charge in [-0.1, -0.05) is 25.1 Å². The highest BCUT2D eigenvalue weighted by molar-refractivity contribution is 5.85. The molecule has 0 aliphatic carbocycles. The molecular formula is C22H33N7O2. The molecule has 0 saturated carbocycles. The van der Waals surface area contributed by atoms with Crippen molar-refractivity contribution in [3.63, 3.8) is 0 Å². The van der Waals surface area contributed by atoms with Gasteiger partial charge in [-0.25, -0.2) is 4.99 Å². The summed E-state index contributed by atoms with van der Waals surface area (Å²) in [5.41, 5.74) is 0.799. The van der Waals surface area contributed by atoms with Crippen LogP contribution in [0.4, 0.5) is 0 Å². The number of carbonyl (C=O) groups excluding carboxylic acids is 1. The van der Waals surface area contributed by atoms with Crippen molar-refractivity contribution >= 4 is 11.9 Å². The number of carbonyl (C=O) groups is 1. The maximum Gasteiger partial charge on any atom is 0.242 e. The average Bonchev–Trinajstić information content (AvgIpc) is 3.18.